The number of rotatable bonds is 6. The van der Waals surface area contributed by atoms with Gasteiger partial charge < -0.3 is 19.7 Å². The molecule has 0 aromatic heterocycles. The van der Waals surface area contributed by atoms with E-state index in [-0.39, 0.29) is 18.0 Å². The van der Waals surface area contributed by atoms with Crippen molar-refractivity contribution in [2.24, 2.45) is 5.92 Å². The smallest absolute Gasteiger partial charge is 0.409 e. The normalized spacial score (nSPS) is 16.1. The summed E-state index contributed by atoms with van der Waals surface area (Å²) in [5.41, 5.74) is 0.619. The van der Waals surface area contributed by atoms with Crippen LogP contribution in [0.4, 0.5) is 10.5 Å². The molecule has 150 valence electrons. The lowest BCUT2D eigenvalue weighted by Gasteiger charge is -2.36. The van der Waals surface area contributed by atoms with E-state index in [1.807, 2.05) is 25.7 Å². The third-order valence-corrected chi connectivity index (χ3v) is 4.75. The summed E-state index contributed by atoms with van der Waals surface area (Å²) >= 11 is 6.10. The average molecular weight is 398 g/mol. The van der Waals surface area contributed by atoms with E-state index in [4.69, 9.17) is 21.1 Å². The van der Waals surface area contributed by atoms with E-state index in [1.54, 1.807) is 30.2 Å². The molecule has 1 N–H and O–H groups in total. The Morgan fingerprint density at radius 1 is 1.19 bits per heavy atom. The van der Waals surface area contributed by atoms with Gasteiger partial charge in [-0.05, 0) is 31.0 Å². The van der Waals surface area contributed by atoms with Gasteiger partial charge in [0.2, 0.25) is 5.91 Å². The summed E-state index contributed by atoms with van der Waals surface area (Å²) in [5, 5.41) is 3.31. The summed E-state index contributed by atoms with van der Waals surface area (Å²) in [6.45, 7) is 8.60. The summed E-state index contributed by atoms with van der Waals surface area (Å²) in [7, 11) is 1.54. The van der Waals surface area contributed by atoms with Gasteiger partial charge in [-0.3, -0.25) is 9.69 Å². The van der Waals surface area contributed by atoms with Gasteiger partial charge in [-0.15, -0.1) is 0 Å². The van der Waals surface area contributed by atoms with E-state index >= 15 is 0 Å². The lowest BCUT2D eigenvalue weighted by molar-refractivity contribution is -0.121. The van der Waals surface area contributed by atoms with Gasteiger partial charge >= 0.3 is 6.09 Å². The third-order valence-electron chi connectivity index (χ3n) is 4.46. The molecule has 1 aliphatic heterocycles. The molecule has 0 radical (unpaired) electrons. The van der Waals surface area contributed by atoms with Gasteiger partial charge in [0.15, 0.2) is 0 Å². The Labute approximate surface area is 165 Å². The first-order valence-electron chi connectivity index (χ1n) is 9.12. The second kappa shape index (κ2) is 9.80. The molecule has 1 aliphatic rings. The SMILES string of the molecule is COc1ccc(NC(=O)C(C)N2CCN(C(=O)OCC(C)C)CC2)cc1Cl. The van der Waals surface area contributed by atoms with E-state index in [0.717, 1.165) is 0 Å². The minimum atomic E-state index is -0.320. The zero-order valence-electron chi connectivity index (χ0n) is 16.3. The van der Waals surface area contributed by atoms with Gasteiger partial charge in [-0.25, -0.2) is 4.79 Å². The van der Waals surface area contributed by atoms with Crippen molar-refractivity contribution in [2.45, 2.75) is 26.8 Å². The number of halogens is 1. The number of hydrogen-bond acceptors (Lipinski definition) is 5. The predicted octanol–water partition coefficient (Wildman–Crippen LogP) is 3.09. The highest BCUT2D eigenvalue weighted by Gasteiger charge is 2.28. The van der Waals surface area contributed by atoms with Crippen molar-refractivity contribution in [3.05, 3.63) is 23.2 Å². The first-order chi connectivity index (χ1) is 12.8. The van der Waals surface area contributed by atoms with Crippen molar-refractivity contribution in [3.8, 4) is 5.75 Å². The van der Waals surface area contributed by atoms with Gasteiger partial charge in [-0.2, -0.15) is 0 Å². The lowest BCUT2D eigenvalue weighted by atomic mass is 10.2. The van der Waals surface area contributed by atoms with Gasteiger partial charge in [0.1, 0.15) is 5.75 Å². The Morgan fingerprint density at radius 3 is 2.41 bits per heavy atom. The van der Waals surface area contributed by atoms with E-state index in [9.17, 15) is 9.59 Å². The summed E-state index contributed by atoms with van der Waals surface area (Å²) in [5.74, 6) is 0.751. The minimum absolute atomic E-state index is 0.118. The van der Waals surface area contributed by atoms with Gasteiger partial charge in [0.05, 0.1) is 24.8 Å². The summed E-state index contributed by atoms with van der Waals surface area (Å²) in [6.07, 6.45) is -0.284. The Bertz CT molecular complexity index is 660. The van der Waals surface area contributed by atoms with Crippen LogP contribution in [-0.2, 0) is 9.53 Å². The van der Waals surface area contributed by atoms with Crippen molar-refractivity contribution in [1.82, 2.24) is 9.80 Å². The molecule has 2 rings (SSSR count). The quantitative estimate of drug-likeness (QED) is 0.798. The molecule has 1 aromatic rings. The second-order valence-electron chi connectivity index (χ2n) is 7.01. The van der Waals surface area contributed by atoms with Crippen LogP contribution in [0.3, 0.4) is 0 Å². The molecule has 1 heterocycles. The first-order valence-corrected chi connectivity index (χ1v) is 9.49. The number of carbonyl (C=O) groups is 2. The van der Waals surface area contributed by atoms with E-state index in [0.29, 0.717) is 55.2 Å². The van der Waals surface area contributed by atoms with Crippen molar-refractivity contribution in [2.75, 3.05) is 45.2 Å². The number of nitrogens with zero attached hydrogens (tertiary/aromatic N) is 2. The van der Waals surface area contributed by atoms with Crippen LogP contribution in [-0.4, -0.2) is 67.7 Å². The number of nitrogens with one attached hydrogen (secondary N) is 1. The fourth-order valence-corrected chi connectivity index (χ4v) is 3.04. The van der Waals surface area contributed by atoms with Gasteiger partial charge in [0.25, 0.3) is 0 Å². The highest BCUT2D eigenvalue weighted by molar-refractivity contribution is 6.32. The molecular weight excluding hydrogens is 370 g/mol. The monoisotopic (exact) mass is 397 g/mol. The number of ether oxygens (including phenoxy) is 2. The predicted molar refractivity (Wildman–Crippen MR) is 105 cm³/mol. The molecule has 0 bridgehead atoms. The molecule has 1 unspecified atom stereocenters. The highest BCUT2D eigenvalue weighted by Crippen LogP contribution is 2.27. The van der Waals surface area contributed by atoms with Crippen LogP contribution in [0.2, 0.25) is 5.02 Å². The van der Waals surface area contributed by atoms with E-state index < -0.39 is 0 Å². The first kappa shape index (κ1) is 21.3. The fourth-order valence-electron chi connectivity index (χ4n) is 2.78. The number of amides is 2. The molecule has 0 spiro atoms. The van der Waals surface area contributed by atoms with Crippen molar-refractivity contribution < 1.29 is 19.1 Å². The highest BCUT2D eigenvalue weighted by atomic mass is 35.5. The maximum atomic E-state index is 12.5. The number of hydrogen-bond donors (Lipinski definition) is 1. The molecule has 1 atom stereocenters. The van der Waals surface area contributed by atoms with Gasteiger partial charge in [-0.1, -0.05) is 25.4 Å². The van der Waals surface area contributed by atoms with Crippen LogP contribution in [0.1, 0.15) is 20.8 Å². The van der Waals surface area contributed by atoms with Crippen LogP contribution in [0.5, 0.6) is 5.75 Å². The maximum Gasteiger partial charge on any atom is 0.409 e. The van der Waals surface area contributed by atoms with Crippen LogP contribution in [0.25, 0.3) is 0 Å². The van der Waals surface area contributed by atoms with Gasteiger partial charge in [0, 0.05) is 31.9 Å². The maximum absolute atomic E-state index is 12.5. The molecule has 0 aliphatic carbocycles. The molecule has 1 saturated heterocycles. The Kier molecular flexibility index (Phi) is 7.74. The van der Waals surface area contributed by atoms with E-state index in [2.05, 4.69) is 5.32 Å². The zero-order chi connectivity index (χ0) is 20.0. The molecule has 1 aromatic carbocycles. The van der Waals surface area contributed by atoms with Crippen LogP contribution < -0.4 is 10.1 Å². The lowest BCUT2D eigenvalue weighted by Crippen LogP contribution is -2.54. The minimum Gasteiger partial charge on any atom is -0.495 e. The number of methoxy groups -OCH3 is 1. The van der Waals surface area contributed by atoms with Crippen molar-refractivity contribution >= 4 is 29.3 Å². The largest absolute Gasteiger partial charge is 0.495 e. The molecular formula is C19H28ClN3O4. The second-order valence-corrected chi connectivity index (χ2v) is 7.42. The van der Waals surface area contributed by atoms with Crippen LogP contribution >= 0.6 is 11.6 Å². The molecule has 8 heteroatoms. The van der Waals surface area contributed by atoms with Crippen molar-refractivity contribution in [3.63, 3.8) is 0 Å². The molecule has 2 amide bonds. The Hall–Kier alpha value is -1.99. The number of carbonyl (C=O) groups excluding carboxylic acids is 2. The standard InChI is InChI=1S/C19H28ClN3O4/c1-13(2)12-27-19(25)23-9-7-22(8-10-23)14(3)18(24)21-15-5-6-17(26-4)16(20)11-15/h5-6,11,13-14H,7-10,12H2,1-4H3,(H,21,24). The summed E-state index contributed by atoms with van der Waals surface area (Å²) < 4.78 is 10.4. The average Bonchev–Trinajstić information content (AvgIpc) is 2.65. The van der Waals surface area contributed by atoms with Crippen LogP contribution in [0.15, 0.2) is 18.2 Å². The number of piperazine rings is 1. The number of benzene rings is 1. The van der Waals surface area contributed by atoms with E-state index in [1.165, 1.54) is 0 Å². The zero-order valence-corrected chi connectivity index (χ0v) is 17.1. The summed E-state index contributed by atoms with van der Waals surface area (Å²) in [6, 6.07) is 4.80. The molecule has 0 saturated carbocycles. The summed E-state index contributed by atoms with van der Waals surface area (Å²) in [4.78, 5) is 28.3. The Balaban J connectivity index is 1.84. The molecule has 27 heavy (non-hydrogen) atoms. The van der Waals surface area contributed by atoms with Crippen molar-refractivity contribution in [1.29, 1.82) is 0 Å². The molecule has 7 nitrogen and oxygen atoms in total. The topological polar surface area (TPSA) is 71.1 Å². The molecule has 1 fully saturated rings. The number of anilines is 1. The van der Waals surface area contributed by atoms with Crippen LogP contribution in [0, 0.1) is 5.92 Å². The third kappa shape index (κ3) is 6.01. The fraction of sp³-hybridized carbons (Fsp3) is 0.579. The Morgan fingerprint density at radius 2 is 1.85 bits per heavy atom.